The Labute approximate surface area is 111 Å². The Morgan fingerprint density at radius 2 is 2.39 bits per heavy atom. The standard InChI is InChI=1S/C13H16ClNO3/c1-9-8-18-5-4-15(9)7-11-3-2-10(13(16)17)6-12(11)14/h2-3,6,9H,4-5,7-8H2,1H3,(H,16,17). The van der Waals surface area contributed by atoms with Crippen molar-refractivity contribution in [3.05, 3.63) is 34.3 Å². The van der Waals surface area contributed by atoms with Crippen LogP contribution < -0.4 is 0 Å². The third kappa shape index (κ3) is 3.02. The van der Waals surface area contributed by atoms with Gasteiger partial charge in [0.2, 0.25) is 0 Å². The lowest BCUT2D eigenvalue weighted by Crippen LogP contribution is -2.42. The van der Waals surface area contributed by atoms with E-state index in [-0.39, 0.29) is 5.56 Å². The van der Waals surface area contributed by atoms with Crippen LogP contribution in [0.15, 0.2) is 18.2 Å². The molecule has 1 aliphatic heterocycles. The predicted molar refractivity (Wildman–Crippen MR) is 69.1 cm³/mol. The van der Waals surface area contributed by atoms with E-state index in [1.165, 1.54) is 6.07 Å². The first kappa shape index (κ1) is 13.3. The van der Waals surface area contributed by atoms with Crippen molar-refractivity contribution >= 4 is 17.6 Å². The molecule has 0 saturated carbocycles. The molecule has 0 radical (unpaired) electrons. The normalized spacial score (nSPS) is 20.9. The number of morpholine rings is 1. The molecule has 1 fully saturated rings. The Bertz CT molecular complexity index is 450. The smallest absolute Gasteiger partial charge is 0.335 e. The van der Waals surface area contributed by atoms with Crippen molar-refractivity contribution in [2.24, 2.45) is 0 Å². The van der Waals surface area contributed by atoms with Crippen molar-refractivity contribution < 1.29 is 14.6 Å². The summed E-state index contributed by atoms with van der Waals surface area (Å²) in [6.07, 6.45) is 0. The van der Waals surface area contributed by atoms with E-state index in [2.05, 4.69) is 11.8 Å². The van der Waals surface area contributed by atoms with Crippen LogP contribution in [0.4, 0.5) is 0 Å². The molecular formula is C13H16ClNO3. The first-order valence-electron chi connectivity index (χ1n) is 5.91. The molecular weight excluding hydrogens is 254 g/mol. The highest BCUT2D eigenvalue weighted by Gasteiger charge is 2.19. The van der Waals surface area contributed by atoms with Crippen molar-refractivity contribution in [1.29, 1.82) is 0 Å². The lowest BCUT2D eigenvalue weighted by atomic mass is 10.1. The predicted octanol–water partition coefficient (Wildman–Crippen LogP) is 2.26. The van der Waals surface area contributed by atoms with Crippen LogP contribution in [0.25, 0.3) is 0 Å². The maximum atomic E-state index is 10.8. The molecule has 1 aliphatic rings. The van der Waals surface area contributed by atoms with Gasteiger partial charge in [-0.15, -0.1) is 0 Å². The molecule has 5 heteroatoms. The summed E-state index contributed by atoms with van der Waals surface area (Å²) in [6.45, 7) is 5.17. The summed E-state index contributed by atoms with van der Waals surface area (Å²) in [5.41, 5.74) is 1.18. The first-order valence-corrected chi connectivity index (χ1v) is 6.29. The van der Waals surface area contributed by atoms with Gasteiger partial charge in [0.25, 0.3) is 0 Å². The van der Waals surface area contributed by atoms with Crippen LogP contribution in [0.2, 0.25) is 5.02 Å². The van der Waals surface area contributed by atoms with E-state index in [4.69, 9.17) is 21.4 Å². The molecule has 98 valence electrons. The van der Waals surface area contributed by atoms with Crippen LogP contribution in [0.5, 0.6) is 0 Å². The number of carboxylic acid groups (broad SMARTS) is 1. The fraction of sp³-hybridized carbons (Fsp3) is 0.462. The van der Waals surface area contributed by atoms with Gasteiger partial charge in [-0.05, 0) is 24.6 Å². The van der Waals surface area contributed by atoms with Gasteiger partial charge in [-0.1, -0.05) is 17.7 Å². The van der Waals surface area contributed by atoms with Gasteiger partial charge in [-0.25, -0.2) is 4.79 Å². The molecule has 1 N–H and O–H groups in total. The second kappa shape index (κ2) is 5.69. The van der Waals surface area contributed by atoms with Crippen LogP contribution in [-0.4, -0.2) is 41.8 Å². The topological polar surface area (TPSA) is 49.8 Å². The first-order chi connectivity index (χ1) is 8.58. The molecule has 1 saturated heterocycles. The van der Waals surface area contributed by atoms with Crippen molar-refractivity contribution in [3.8, 4) is 0 Å². The molecule has 18 heavy (non-hydrogen) atoms. The molecule has 1 atom stereocenters. The quantitative estimate of drug-likeness (QED) is 0.914. The lowest BCUT2D eigenvalue weighted by Gasteiger charge is -2.33. The monoisotopic (exact) mass is 269 g/mol. The maximum Gasteiger partial charge on any atom is 0.335 e. The van der Waals surface area contributed by atoms with Crippen molar-refractivity contribution in [2.45, 2.75) is 19.5 Å². The molecule has 1 aromatic carbocycles. The summed E-state index contributed by atoms with van der Waals surface area (Å²) < 4.78 is 5.38. The largest absolute Gasteiger partial charge is 0.478 e. The van der Waals surface area contributed by atoms with Crippen molar-refractivity contribution in [2.75, 3.05) is 19.8 Å². The third-order valence-electron chi connectivity index (χ3n) is 3.18. The minimum atomic E-state index is -0.955. The van der Waals surface area contributed by atoms with E-state index in [0.717, 1.165) is 31.9 Å². The number of hydrogen-bond acceptors (Lipinski definition) is 3. The van der Waals surface area contributed by atoms with Gasteiger partial charge in [0.05, 0.1) is 18.8 Å². The number of carboxylic acids is 1. The van der Waals surface area contributed by atoms with Crippen LogP contribution in [-0.2, 0) is 11.3 Å². The van der Waals surface area contributed by atoms with Gasteiger partial charge in [0.15, 0.2) is 0 Å². The van der Waals surface area contributed by atoms with Gasteiger partial charge < -0.3 is 9.84 Å². The number of aromatic carboxylic acids is 1. The number of benzene rings is 1. The third-order valence-corrected chi connectivity index (χ3v) is 3.53. The molecule has 0 aromatic heterocycles. The lowest BCUT2D eigenvalue weighted by molar-refractivity contribution is -0.00435. The zero-order chi connectivity index (χ0) is 13.1. The van der Waals surface area contributed by atoms with Crippen molar-refractivity contribution in [3.63, 3.8) is 0 Å². The Balaban J connectivity index is 2.11. The van der Waals surface area contributed by atoms with Gasteiger partial charge >= 0.3 is 5.97 Å². The highest BCUT2D eigenvalue weighted by atomic mass is 35.5. The molecule has 0 spiro atoms. The molecule has 0 amide bonds. The molecule has 2 rings (SSSR count). The molecule has 1 unspecified atom stereocenters. The number of ether oxygens (including phenoxy) is 1. The van der Waals surface area contributed by atoms with E-state index in [0.29, 0.717) is 11.1 Å². The summed E-state index contributed by atoms with van der Waals surface area (Å²) in [7, 11) is 0. The number of nitrogens with zero attached hydrogens (tertiary/aromatic N) is 1. The van der Waals surface area contributed by atoms with E-state index >= 15 is 0 Å². The molecule has 1 aromatic rings. The zero-order valence-electron chi connectivity index (χ0n) is 10.2. The van der Waals surface area contributed by atoms with Crippen LogP contribution >= 0.6 is 11.6 Å². The SMILES string of the molecule is CC1COCCN1Cc1ccc(C(=O)O)cc1Cl. The minimum absolute atomic E-state index is 0.221. The molecule has 0 aliphatic carbocycles. The Morgan fingerprint density at radius 1 is 1.61 bits per heavy atom. The average molecular weight is 270 g/mol. The Kier molecular flexibility index (Phi) is 4.22. The highest BCUT2D eigenvalue weighted by Crippen LogP contribution is 2.21. The second-order valence-electron chi connectivity index (χ2n) is 4.51. The summed E-state index contributed by atoms with van der Waals surface area (Å²) >= 11 is 6.12. The van der Waals surface area contributed by atoms with E-state index in [1.807, 2.05) is 0 Å². The zero-order valence-corrected chi connectivity index (χ0v) is 11.0. The maximum absolute atomic E-state index is 10.8. The van der Waals surface area contributed by atoms with E-state index in [9.17, 15) is 4.79 Å². The molecule has 1 heterocycles. The van der Waals surface area contributed by atoms with Gasteiger partial charge in [0.1, 0.15) is 0 Å². The second-order valence-corrected chi connectivity index (χ2v) is 4.91. The summed E-state index contributed by atoms with van der Waals surface area (Å²) in [4.78, 5) is 13.1. The van der Waals surface area contributed by atoms with Crippen LogP contribution in [0.3, 0.4) is 0 Å². The van der Waals surface area contributed by atoms with E-state index in [1.54, 1.807) is 12.1 Å². The summed E-state index contributed by atoms with van der Waals surface area (Å²) in [6, 6.07) is 5.24. The Hall–Kier alpha value is -1.10. The fourth-order valence-corrected chi connectivity index (χ4v) is 2.26. The number of rotatable bonds is 3. The fourth-order valence-electron chi connectivity index (χ4n) is 2.02. The number of halogens is 1. The molecule has 0 bridgehead atoms. The van der Waals surface area contributed by atoms with Crippen molar-refractivity contribution in [1.82, 2.24) is 4.90 Å². The van der Waals surface area contributed by atoms with Crippen LogP contribution in [0, 0.1) is 0 Å². The highest BCUT2D eigenvalue weighted by molar-refractivity contribution is 6.31. The Morgan fingerprint density at radius 3 is 3.00 bits per heavy atom. The van der Waals surface area contributed by atoms with Crippen LogP contribution in [0.1, 0.15) is 22.8 Å². The van der Waals surface area contributed by atoms with Gasteiger partial charge in [-0.3, -0.25) is 4.90 Å². The number of carbonyl (C=O) groups is 1. The van der Waals surface area contributed by atoms with Gasteiger partial charge in [-0.2, -0.15) is 0 Å². The summed E-state index contributed by atoms with van der Waals surface area (Å²) in [5, 5.41) is 9.39. The minimum Gasteiger partial charge on any atom is -0.478 e. The van der Waals surface area contributed by atoms with E-state index < -0.39 is 5.97 Å². The average Bonchev–Trinajstić information content (AvgIpc) is 2.34. The summed E-state index contributed by atoms with van der Waals surface area (Å²) in [5.74, 6) is -0.955. The van der Waals surface area contributed by atoms with Gasteiger partial charge in [0, 0.05) is 24.2 Å². The number of hydrogen-bond donors (Lipinski definition) is 1. The molecule has 4 nitrogen and oxygen atoms in total.